The van der Waals surface area contributed by atoms with E-state index in [1.807, 2.05) is 32.8 Å². The number of aromatic nitrogens is 2. The van der Waals surface area contributed by atoms with Crippen LogP contribution in [0.5, 0.6) is 5.75 Å². The predicted octanol–water partition coefficient (Wildman–Crippen LogP) is 3.96. The van der Waals surface area contributed by atoms with E-state index >= 15 is 0 Å². The maximum Gasteiger partial charge on any atom is 0.260 e. The lowest BCUT2D eigenvalue weighted by atomic mass is 9.92. The Balaban J connectivity index is 1.49. The molecule has 1 aliphatic carbocycles. The lowest BCUT2D eigenvalue weighted by Crippen LogP contribution is -2.41. The molecule has 0 spiro atoms. The van der Waals surface area contributed by atoms with Crippen molar-refractivity contribution >= 4 is 17.5 Å². The summed E-state index contributed by atoms with van der Waals surface area (Å²) in [7, 11) is 0. The van der Waals surface area contributed by atoms with Crippen LogP contribution < -0.4 is 9.64 Å². The molecule has 2 amide bonds. The number of hydrogen-bond acceptors (Lipinski definition) is 4. The number of fused-ring (bicyclic) bond motifs is 1. The second kappa shape index (κ2) is 8.60. The molecule has 7 nitrogen and oxygen atoms in total. The normalized spacial score (nSPS) is 20.8. The Morgan fingerprint density at radius 3 is 2.62 bits per heavy atom. The molecule has 0 radical (unpaired) electrons. The number of rotatable bonds is 5. The van der Waals surface area contributed by atoms with Crippen LogP contribution in [0.15, 0.2) is 24.5 Å². The van der Waals surface area contributed by atoms with Crippen LogP contribution in [-0.4, -0.2) is 52.2 Å². The zero-order valence-electron chi connectivity index (χ0n) is 19.0. The Kier molecular flexibility index (Phi) is 5.66. The van der Waals surface area contributed by atoms with Crippen molar-refractivity contribution in [1.82, 2.24) is 14.7 Å². The van der Waals surface area contributed by atoms with Gasteiger partial charge in [0.2, 0.25) is 5.91 Å². The van der Waals surface area contributed by atoms with Gasteiger partial charge in [-0.25, -0.2) is 0 Å². The number of ether oxygens (including phenoxy) is 1. The van der Waals surface area contributed by atoms with Gasteiger partial charge in [-0.3, -0.25) is 14.3 Å². The average Bonchev–Trinajstić information content (AvgIpc) is 3.54. The van der Waals surface area contributed by atoms with Gasteiger partial charge in [-0.2, -0.15) is 5.10 Å². The van der Waals surface area contributed by atoms with Gasteiger partial charge >= 0.3 is 0 Å². The maximum absolute atomic E-state index is 12.8. The van der Waals surface area contributed by atoms with Crippen LogP contribution in [0.25, 0.3) is 11.1 Å². The SMILES string of the molecule is CC(=O)N1c2ccc(-c3cnn(C4CC4)c3)c(OCC(=O)N3CCCCC3)c2CC[C@@H]1C. The molecule has 7 heteroatoms. The molecule has 5 rings (SSSR count). The first-order valence-electron chi connectivity index (χ1n) is 11.9. The van der Waals surface area contributed by atoms with E-state index < -0.39 is 0 Å². The van der Waals surface area contributed by atoms with Crippen LogP contribution in [0.2, 0.25) is 0 Å². The molecule has 3 heterocycles. The van der Waals surface area contributed by atoms with Crippen LogP contribution in [0.3, 0.4) is 0 Å². The number of carbonyl (C=O) groups is 2. The molecule has 170 valence electrons. The highest BCUT2D eigenvalue weighted by molar-refractivity contribution is 5.95. The van der Waals surface area contributed by atoms with Gasteiger partial charge in [-0.05, 0) is 64.0 Å². The Morgan fingerprint density at radius 1 is 1.12 bits per heavy atom. The minimum atomic E-state index is 0.0237. The number of carbonyl (C=O) groups excluding carboxylic acids is 2. The highest BCUT2D eigenvalue weighted by Gasteiger charge is 2.31. The van der Waals surface area contributed by atoms with Crippen molar-refractivity contribution in [2.24, 2.45) is 0 Å². The van der Waals surface area contributed by atoms with Gasteiger partial charge in [0.1, 0.15) is 5.75 Å². The number of amides is 2. The molecule has 2 aliphatic heterocycles. The molecule has 2 fully saturated rings. The van der Waals surface area contributed by atoms with Crippen LogP contribution in [0.1, 0.15) is 64.0 Å². The molecule has 0 N–H and O–H groups in total. The fourth-order valence-electron chi connectivity index (χ4n) is 5.06. The largest absolute Gasteiger partial charge is 0.483 e. The third-order valence-electron chi connectivity index (χ3n) is 6.97. The molecule has 3 aliphatic rings. The lowest BCUT2D eigenvalue weighted by molar-refractivity contribution is -0.134. The number of likely N-dealkylation sites (tertiary alicyclic amines) is 1. The second-order valence-corrected chi connectivity index (χ2v) is 9.39. The van der Waals surface area contributed by atoms with Crippen molar-refractivity contribution in [3.63, 3.8) is 0 Å². The summed E-state index contributed by atoms with van der Waals surface area (Å²) in [5.41, 5.74) is 3.85. The first-order chi connectivity index (χ1) is 15.5. The fourth-order valence-corrected chi connectivity index (χ4v) is 5.06. The minimum Gasteiger partial charge on any atom is -0.483 e. The average molecular weight is 437 g/mol. The molecule has 2 aromatic rings. The first kappa shape index (κ1) is 21.0. The number of nitrogens with zero attached hydrogens (tertiary/aromatic N) is 4. The number of benzene rings is 1. The Bertz CT molecular complexity index is 1020. The summed E-state index contributed by atoms with van der Waals surface area (Å²) in [6.45, 7) is 5.34. The van der Waals surface area contributed by atoms with Crippen LogP contribution in [0.4, 0.5) is 5.69 Å². The van der Waals surface area contributed by atoms with E-state index in [-0.39, 0.29) is 24.5 Å². The summed E-state index contributed by atoms with van der Waals surface area (Å²) >= 11 is 0. The number of hydrogen-bond donors (Lipinski definition) is 0. The topological polar surface area (TPSA) is 67.7 Å². The van der Waals surface area contributed by atoms with Crippen molar-refractivity contribution in [3.8, 4) is 16.9 Å². The molecular weight excluding hydrogens is 404 g/mol. The summed E-state index contributed by atoms with van der Waals surface area (Å²) in [6, 6.07) is 4.68. The maximum atomic E-state index is 12.8. The van der Waals surface area contributed by atoms with E-state index in [0.717, 1.165) is 66.9 Å². The van der Waals surface area contributed by atoms with Gasteiger partial charge in [-0.1, -0.05) is 0 Å². The van der Waals surface area contributed by atoms with Crippen molar-refractivity contribution in [3.05, 3.63) is 30.1 Å². The summed E-state index contributed by atoms with van der Waals surface area (Å²) < 4.78 is 8.32. The smallest absolute Gasteiger partial charge is 0.260 e. The van der Waals surface area contributed by atoms with Crippen LogP contribution in [-0.2, 0) is 16.0 Å². The van der Waals surface area contributed by atoms with E-state index in [1.165, 1.54) is 19.3 Å². The Hall–Kier alpha value is -2.83. The standard InChI is InChI=1S/C25H32N4O3/c1-17-6-9-22-23(29(17)18(2)30)11-10-21(19-14-26-28(15-19)20-7-8-20)25(22)32-16-24(31)27-12-4-3-5-13-27/h10-11,14-15,17,20H,3-9,12-13,16H2,1-2H3/t17-/m0/s1. The van der Waals surface area contributed by atoms with Gasteiger partial charge in [0.05, 0.1) is 17.9 Å². The van der Waals surface area contributed by atoms with E-state index in [2.05, 4.69) is 18.2 Å². The van der Waals surface area contributed by atoms with Crippen LogP contribution >= 0.6 is 0 Å². The third-order valence-corrected chi connectivity index (χ3v) is 6.97. The molecule has 1 saturated carbocycles. The summed E-state index contributed by atoms with van der Waals surface area (Å²) in [6.07, 6.45) is 11.3. The highest BCUT2D eigenvalue weighted by Crippen LogP contribution is 2.44. The molecular formula is C25H32N4O3. The second-order valence-electron chi connectivity index (χ2n) is 9.39. The first-order valence-corrected chi connectivity index (χ1v) is 11.9. The third kappa shape index (κ3) is 4.00. The highest BCUT2D eigenvalue weighted by atomic mass is 16.5. The molecule has 1 saturated heterocycles. The summed E-state index contributed by atoms with van der Waals surface area (Å²) in [4.78, 5) is 29.0. The van der Waals surface area contributed by atoms with E-state index in [1.54, 1.807) is 6.92 Å². The van der Waals surface area contributed by atoms with Crippen molar-refractivity contribution in [1.29, 1.82) is 0 Å². The number of piperidine rings is 1. The molecule has 1 aromatic carbocycles. The van der Waals surface area contributed by atoms with Crippen molar-refractivity contribution < 1.29 is 14.3 Å². The Morgan fingerprint density at radius 2 is 1.91 bits per heavy atom. The summed E-state index contributed by atoms with van der Waals surface area (Å²) in [5, 5.41) is 4.55. The fraction of sp³-hybridized carbons (Fsp3) is 0.560. The lowest BCUT2D eigenvalue weighted by Gasteiger charge is -2.36. The van der Waals surface area contributed by atoms with Gasteiger partial charge < -0.3 is 14.5 Å². The van der Waals surface area contributed by atoms with Crippen molar-refractivity contribution in [2.75, 3.05) is 24.6 Å². The minimum absolute atomic E-state index is 0.0237. The molecule has 0 unspecified atom stereocenters. The summed E-state index contributed by atoms with van der Waals surface area (Å²) in [5.74, 6) is 0.791. The van der Waals surface area contributed by atoms with Gasteiger partial charge in [0, 0.05) is 48.9 Å². The zero-order chi connectivity index (χ0) is 22.2. The van der Waals surface area contributed by atoms with Gasteiger partial charge in [0.25, 0.3) is 5.91 Å². The van der Waals surface area contributed by atoms with E-state index in [4.69, 9.17) is 4.74 Å². The molecule has 0 bridgehead atoms. The molecule has 1 atom stereocenters. The monoisotopic (exact) mass is 436 g/mol. The molecule has 1 aromatic heterocycles. The molecule has 32 heavy (non-hydrogen) atoms. The van der Waals surface area contributed by atoms with Gasteiger partial charge in [0.15, 0.2) is 6.61 Å². The van der Waals surface area contributed by atoms with E-state index in [9.17, 15) is 9.59 Å². The van der Waals surface area contributed by atoms with Crippen LogP contribution in [0, 0.1) is 0 Å². The predicted molar refractivity (Wildman–Crippen MR) is 123 cm³/mol. The Labute approximate surface area is 189 Å². The van der Waals surface area contributed by atoms with Gasteiger partial charge in [-0.15, -0.1) is 0 Å². The van der Waals surface area contributed by atoms with E-state index in [0.29, 0.717) is 6.04 Å². The van der Waals surface area contributed by atoms with Crippen molar-refractivity contribution in [2.45, 2.75) is 70.9 Å². The quantitative estimate of drug-likeness (QED) is 0.711. The zero-order valence-corrected chi connectivity index (χ0v) is 19.0. The number of anilines is 1.